The van der Waals surface area contributed by atoms with Gasteiger partial charge in [0.1, 0.15) is 12.7 Å². The van der Waals surface area contributed by atoms with Gasteiger partial charge in [0, 0.05) is 28.6 Å². The normalized spacial score (nSPS) is 17.7. The van der Waals surface area contributed by atoms with E-state index >= 15 is 0 Å². The summed E-state index contributed by atoms with van der Waals surface area (Å²) in [4.78, 5) is 6.73. The summed E-state index contributed by atoms with van der Waals surface area (Å²) in [5, 5.41) is 18.8. The van der Waals surface area contributed by atoms with E-state index in [1.807, 2.05) is 44.4 Å². The third kappa shape index (κ3) is 3.74. The fraction of sp³-hybridized carbons (Fsp3) is 0.200. The van der Waals surface area contributed by atoms with Crippen molar-refractivity contribution in [2.24, 2.45) is 4.99 Å². The number of hydrogen-bond donors (Lipinski definition) is 3. The minimum absolute atomic E-state index is 0.549. The van der Waals surface area contributed by atoms with Gasteiger partial charge < -0.3 is 4.42 Å². The van der Waals surface area contributed by atoms with Crippen molar-refractivity contribution in [3.8, 4) is 11.5 Å². The fourth-order valence-electron chi connectivity index (χ4n) is 3.23. The van der Waals surface area contributed by atoms with Crippen molar-refractivity contribution in [2.45, 2.75) is 25.2 Å². The molecule has 152 valence electrons. The first-order chi connectivity index (χ1) is 14.7. The van der Waals surface area contributed by atoms with Crippen LogP contribution in [0.2, 0.25) is 0 Å². The Labute approximate surface area is 177 Å². The Hall–Kier alpha value is -3.37. The number of rotatable bonds is 6. The molecule has 0 amide bonds. The molecule has 5 rings (SSSR count). The molecule has 1 unspecified atom stereocenters. The molecule has 3 aromatic rings. The highest BCUT2D eigenvalue weighted by molar-refractivity contribution is 7.97. The van der Waals surface area contributed by atoms with Crippen molar-refractivity contribution in [3.05, 3.63) is 66.3 Å². The van der Waals surface area contributed by atoms with E-state index in [1.54, 1.807) is 11.9 Å². The number of aliphatic imine (C=N–C) groups is 1. The van der Waals surface area contributed by atoms with Gasteiger partial charge in [-0.25, -0.2) is 9.89 Å². The van der Waals surface area contributed by atoms with Crippen molar-refractivity contribution in [1.29, 1.82) is 0 Å². The van der Waals surface area contributed by atoms with Gasteiger partial charge in [-0.05, 0) is 43.1 Å². The summed E-state index contributed by atoms with van der Waals surface area (Å²) >= 11 is 1.65. The first kappa shape index (κ1) is 18.6. The zero-order chi connectivity index (χ0) is 20.5. The largest absolute Gasteiger partial charge is 0.421 e. The quantitative estimate of drug-likeness (QED) is 0.525. The molecule has 0 saturated carbocycles. The van der Waals surface area contributed by atoms with Gasteiger partial charge in [0.25, 0.3) is 0 Å². The van der Waals surface area contributed by atoms with Gasteiger partial charge in [-0.15, -0.1) is 10.2 Å². The van der Waals surface area contributed by atoms with Crippen LogP contribution < -0.4 is 10.2 Å². The minimum Gasteiger partial charge on any atom is -0.421 e. The number of benzene rings is 1. The lowest BCUT2D eigenvalue weighted by atomic mass is 10.2. The van der Waals surface area contributed by atoms with E-state index in [4.69, 9.17) is 4.42 Å². The Kier molecular flexibility index (Phi) is 4.85. The highest BCUT2D eigenvalue weighted by Gasteiger charge is 2.32. The zero-order valence-corrected chi connectivity index (χ0v) is 17.4. The fourth-order valence-corrected chi connectivity index (χ4v) is 4.10. The number of H-pyrrole nitrogens is 1. The molecule has 2 aromatic heterocycles. The molecule has 4 heterocycles. The lowest BCUT2D eigenvalue weighted by Crippen LogP contribution is -3.10. The third-order valence-electron chi connectivity index (χ3n) is 4.71. The summed E-state index contributed by atoms with van der Waals surface area (Å²) in [7, 11) is 0. The number of aromatic amines is 1. The van der Waals surface area contributed by atoms with Crippen molar-refractivity contribution < 1.29 is 9.32 Å². The second-order valence-electron chi connectivity index (χ2n) is 6.95. The Balaban J connectivity index is 1.33. The summed E-state index contributed by atoms with van der Waals surface area (Å²) < 4.78 is 7.80. The molecule has 9 nitrogen and oxygen atoms in total. The molecule has 30 heavy (non-hydrogen) atoms. The van der Waals surface area contributed by atoms with E-state index in [0.717, 1.165) is 51.5 Å². The Bertz CT molecular complexity index is 1140. The summed E-state index contributed by atoms with van der Waals surface area (Å²) in [6, 6.07) is 10.1. The van der Waals surface area contributed by atoms with E-state index in [9.17, 15) is 0 Å². The van der Waals surface area contributed by atoms with Crippen LogP contribution in [-0.2, 0) is 6.42 Å². The zero-order valence-electron chi connectivity index (χ0n) is 16.6. The smallest absolute Gasteiger partial charge is 0.247 e. The molecule has 0 aliphatic carbocycles. The predicted molar refractivity (Wildman–Crippen MR) is 114 cm³/mol. The van der Waals surface area contributed by atoms with Gasteiger partial charge in [0.15, 0.2) is 5.82 Å². The summed E-state index contributed by atoms with van der Waals surface area (Å²) in [5.41, 5.74) is 1.92. The topological polar surface area (TPSA) is 99.7 Å². The number of nitrogens with one attached hydrogen (secondary N) is 3. The van der Waals surface area contributed by atoms with Crippen LogP contribution in [0.5, 0.6) is 0 Å². The van der Waals surface area contributed by atoms with Crippen molar-refractivity contribution in [3.63, 3.8) is 0 Å². The third-order valence-corrected chi connectivity index (χ3v) is 5.67. The number of aromatic nitrogens is 4. The molecule has 2 aliphatic heterocycles. The minimum atomic E-state index is 0.549. The standard InChI is InChI=1S/C20H20N8OS/c1-3-19-25-26-20(29-19)14-4-6-15(7-5-14)30-27-11-17-21-8-9-28(17)18(12-27)22-16-10-13(2)23-24-16/h4-10,12H,3,11H2,1-2H3,(H2,22,23,24)/p+1. The van der Waals surface area contributed by atoms with Crippen LogP contribution in [0.1, 0.15) is 18.5 Å². The van der Waals surface area contributed by atoms with Crippen molar-refractivity contribution in [1.82, 2.24) is 24.7 Å². The molecule has 2 aliphatic rings. The first-order valence-corrected chi connectivity index (χ1v) is 10.4. The van der Waals surface area contributed by atoms with E-state index in [1.165, 1.54) is 0 Å². The Morgan fingerprint density at radius 1 is 1.27 bits per heavy atom. The molecule has 0 saturated heterocycles. The Morgan fingerprint density at radius 3 is 2.87 bits per heavy atom. The highest BCUT2D eigenvalue weighted by Crippen LogP contribution is 2.27. The molecule has 0 bridgehead atoms. The second-order valence-corrected chi connectivity index (χ2v) is 8.08. The molecule has 1 aromatic carbocycles. The van der Waals surface area contributed by atoms with Crippen molar-refractivity contribution in [2.75, 3.05) is 11.9 Å². The predicted octanol–water partition coefficient (Wildman–Crippen LogP) is 2.33. The number of amidine groups is 1. The van der Waals surface area contributed by atoms with Gasteiger partial charge >= 0.3 is 0 Å². The summed E-state index contributed by atoms with van der Waals surface area (Å²) in [6.45, 7) is 4.70. The second kappa shape index (κ2) is 7.81. The number of nitrogens with zero attached hydrogens (tertiary/aromatic N) is 5. The maximum absolute atomic E-state index is 5.64. The summed E-state index contributed by atoms with van der Waals surface area (Å²) in [6.07, 6.45) is 6.69. The average molecular weight is 422 g/mol. The van der Waals surface area contributed by atoms with Gasteiger partial charge in [0.05, 0.1) is 12.4 Å². The van der Waals surface area contributed by atoms with Crippen LogP contribution in [-0.4, -0.2) is 37.1 Å². The maximum Gasteiger partial charge on any atom is 0.247 e. The van der Waals surface area contributed by atoms with Crippen LogP contribution in [0.3, 0.4) is 0 Å². The van der Waals surface area contributed by atoms with E-state index in [-0.39, 0.29) is 0 Å². The number of anilines is 1. The van der Waals surface area contributed by atoms with Crippen LogP contribution in [0.4, 0.5) is 5.82 Å². The Morgan fingerprint density at radius 2 is 2.13 bits per heavy atom. The summed E-state index contributed by atoms with van der Waals surface area (Å²) in [5.74, 6) is 3.99. The molecule has 0 radical (unpaired) electrons. The molecule has 0 spiro atoms. The lowest BCUT2D eigenvalue weighted by molar-refractivity contribution is -0.699. The number of quaternary nitrogens is 1. The molecular weight excluding hydrogens is 400 g/mol. The van der Waals surface area contributed by atoms with Gasteiger partial charge in [-0.3, -0.25) is 14.7 Å². The van der Waals surface area contributed by atoms with Gasteiger partial charge in [-0.1, -0.05) is 6.92 Å². The maximum atomic E-state index is 5.64. The molecule has 0 fully saturated rings. The highest BCUT2D eigenvalue weighted by atomic mass is 32.2. The van der Waals surface area contributed by atoms with Gasteiger partial charge in [0.2, 0.25) is 23.4 Å². The van der Waals surface area contributed by atoms with E-state index in [2.05, 4.69) is 53.3 Å². The molecule has 3 N–H and O–H groups in total. The molecular formula is C20H21N8OS+. The molecule has 10 heteroatoms. The van der Waals surface area contributed by atoms with E-state index in [0.29, 0.717) is 11.8 Å². The van der Waals surface area contributed by atoms with Gasteiger partial charge in [-0.2, -0.15) is 5.10 Å². The van der Waals surface area contributed by atoms with Crippen LogP contribution >= 0.6 is 11.9 Å². The van der Waals surface area contributed by atoms with E-state index < -0.39 is 0 Å². The van der Waals surface area contributed by atoms with Crippen LogP contribution in [0.25, 0.3) is 11.5 Å². The SMILES string of the molecule is CCc1nnc(-c2ccc(SN3C=C(Nc4cc(C)[nH]n4)[NH+]4C=CN=C4C3)cc2)o1. The molecule has 1 atom stereocenters. The van der Waals surface area contributed by atoms with Crippen molar-refractivity contribution >= 4 is 23.6 Å². The van der Waals surface area contributed by atoms with Crippen LogP contribution in [0, 0.1) is 6.92 Å². The van der Waals surface area contributed by atoms with Crippen LogP contribution in [0.15, 0.2) is 69.1 Å². The number of hydrogen-bond acceptors (Lipinski definition) is 8. The number of aryl methyl sites for hydroxylation is 2. The first-order valence-electron chi connectivity index (χ1n) is 9.67. The average Bonchev–Trinajstić information content (AvgIpc) is 3.49. The monoisotopic (exact) mass is 421 g/mol. The number of fused-ring (bicyclic) bond motifs is 1. The lowest BCUT2D eigenvalue weighted by Gasteiger charge is -2.27.